The second kappa shape index (κ2) is 7.42. The molecule has 0 saturated carbocycles. The minimum absolute atomic E-state index is 0.0846. The molecule has 4 aromatic rings. The van der Waals surface area contributed by atoms with E-state index in [0.717, 1.165) is 16.1 Å². The normalized spacial score (nSPS) is 12.2. The average Bonchev–Trinajstić information content (AvgIpc) is 3.34. The summed E-state index contributed by atoms with van der Waals surface area (Å²) in [5.41, 5.74) is 1.44. The number of rotatable bonds is 5. The van der Waals surface area contributed by atoms with Gasteiger partial charge in [0.15, 0.2) is 0 Å². The first kappa shape index (κ1) is 17.6. The molecular weight excluding hydrogens is 380 g/mol. The van der Waals surface area contributed by atoms with Gasteiger partial charge in [-0.15, -0.1) is 22.7 Å². The zero-order chi connectivity index (χ0) is 18.8. The fraction of sp³-hybridized carbons (Fsp3) is 0.158. The highest BCUT2D eigenvalue weighted by Crippen LogP contribution is 2.33. The second-order valence-corrected chi connectivity index (χ2v) is 7.83. The molecule has 0 aliphatic carbocycles. The van der Waals surface area contributed by atoms with Crippen LogP contribution in [0.25, 0.3) is 20.7 Å². The molecule has 136 valence electrons. The molecule has 4 rings (SSSR count). The molecule has 0 fully saturated rings. The van der Waals surface area contributed by atoms with Crippen LogP contribution in [0.2, 0.25) is 0 Å². The zero-order valence-corrected chi connectivity index (χ0v) is 16.1. The van der Waals surface area contributed by atoms with Crippen molar-refractivity contribution in [1.29, 1.82) is 0 Å². The van der Waals surface area contributed by atoms with Crippen LogP contribution in [0.5, 0.6) is 0 Å². The molecule has 0 saturated heterocycles. The third-order valence-electron chi connectivity index (χ3n) is 4.17. The number of nitrogens with one attached hydrogen (secondary N) is 1. The van der Waals surface area contributed by atoms with Crippen LogP contribution in [-0.2, 0) is 11.3 Å². The van der Waals surface area contributed by atoms with Crippen LogP contribution >= 0.6 is 22.7 Å². The van der Waals surface area contributed by atoms with Gasteiger partial charge in [0.2, 0.25) is 5.91 Å². The van der Waals surface area contributed by atoms with E-state index in [1.165, 1.54) is 22.2 Å². The van der Waals surface area contributed by atoms with Crippen LogP contribution in [0.3, 0.4) is 0 Å². The fourth-order valence-electron chi connectivity index (χ4n) is 2.84. The molecule has 0 aliphatic rings. The van der Waals surface area contributed by atoms with E-state index in [4.69, 9.17) is 0 Å². The molecule has 27 heavy (non-hydrogen) atoms. The minimum atomic E-state index is -0.260. The highest BCUT2D eigenvalue weighted by Gasteiger charge is 2.16. The molecule has 4 aromatic heterocycles. The Morgan fingerprint density at radius 3 is 2.85 bits per heavy atom. The van der Waals surface area contributed by atoms with E-state index in [1.54, 1.807) is 17.5 Å². The van der Waals surface area contributed by atoms with Crippen molar-refractivity contribution in [3.8, 4) is 10.4 Å². The Bertz CT molecular complexity index is 1130. The predicted molar refractivity (Wildman–Crippen MR) is 108 cm³/mol. The third-order valence-corrected chi connectivity index (χ3v) is 5.96. The first-order valence-corrected chi connectivity index (χ1v) is 10.1. The fourth-order valence-corrected chi connectivity index (χ4v) is 4.56. The van der Waals surface area contributed by atoms with Crippen LogP contribution in [0.15, 0.2) is 58.4 Å². The molecule has 0 aromatic carbocycles. The average molecular weight is 396 g/mol. The van der Waals surface area contributed by atoms with Crippen molar-refractivity contribution in [2.45, 2.75) is 19.5 Å². The van der Waals surface area contributed by atoms with Gasteiger partial charge in [0, 0.05) is 22.0 Å². The van der Waals surface area contributed by atoms with Crippen LogP contribution in [0.1, 0.15) is 18.7 Å². The van der Waals surface area contributed by atoms with Gasteiger partial charge < -0.3 is 5.32 Å². The van der Waals surface area contributed by atoms with Gasteiger partial charge in [-0.25, -0.2) is 4.98 Å². The van der Waals surface area contributed by atoms with E-state index in [9.17, 15) is 9.59 Å². The summed E-state index contributed by atoms with van der Waals surface area (Å²) >= 11 is 3.01. The lowest BCUT2D eigenvalue weighted by Gasteiger charge is -2.14. The lowest BCUT2D eigenvalue weighted by atomic mass is 10.2. The molecule has 1 N–H and O–H groups in total. The standard InChI is InChI=1S/C19H16N4O2S2/c1-12(14-5-2-3-7-20-14)22-16(24)9-23-11-21-18-17(19(23)25)13(10-27-18)15-6-4-8-26-15/h2-8,10-12H,9H2,1H3,(H,22,24)/t12-/m0/s1. The van der Waals surface area contributed by atoms with Gasteiger partial charge in [-0.1, -0.05) is 12.1 Å². The molecule has 0 aliphatic heterocycles. The Morgan fingerprint density at radius 1 is 1.22 bits per heavy atom. The molecule has 0 spiro atoms. The number of aromatic nitrogens is 3. The van der Waals surface area contributed by atoms with Gasteiger partial charge in [-0.3, -0.25) is 19.1 Å². The molecule has 1 amide bonds. The third kappa shape index (κ3) is 3.54. The summed E-state index contributed by atoms with van der Waals surface area (Å²) in [6, 6.07) is 9.23. The summed E-state index contributed by atoms with van der Waals surface area (Å²) < 4.78 is 1.35. The monoisotopic (exact) mass is 396 g/mol. The van der Waals surface area contributed by atoms with Crippen molar-refractivity contribution in [2.75, 3.05) is 0 Å². The van der Waals surface area contributed by atoms with E-state index in [1.807, 2.05) is 48.0 Å². The van der Waals surface area contributed by atoms with E-state index in [-0.39, 0.29) is 24.1 Å². The van der Waals surface area contributed by atoms with Crippen molar-refractivity contribution in [1.82, 2.24) is 19.9 Å². The van der Waals surface area contributed by atoms with Crippen molar-refractivity contribution < 1.29 is 4.79 Å². The summed E-state index contributed by atoms with van der Waals surface area (Å²) in [4.78, 5) is 35.6. The van der Waals surface area contributed by atoms with Crippen LogP contribution in [0.4, 0.5) is 0 Å². The van der Waals surface area contributed by atoms with E-state index < -0.39 is 0 Å². The summed E-state index contributed by atoms with van der Waals surface area (Å²) in [5.74, 6) is -0.260. The first-order chi connectivity index (χ1) is 13.1. The number of thiophene rings is 2. The maximum Gasteiger partial charge on any atom is 0.263 e. The lowest BCUT2D eigenvalue weighted by molar-refractivity contribution is -0.122. The van der Waals surface area contributed by atoms with Crippen molar-refractivity contribution in [3.05, 3.63) is 69.7 Å². The van der Waals surface area contributed by atoms with Gasteiger partial charge in [-0.2, -0.15) is 0 Å². The minimum Gasteiger partial charge on any atom is -0.346 e. The molecular formula is C19H16N4O2S2. The maximum atomic E-state index is 12.9. The Morgan fingerprint density at radius 2 is 2.11 bits per heavy atom. The lowest BCUT2D eigenvalue weighted by Crippen LogP contribution is -2.34. The molecule has 6 nitrogen and oxygen atoms in total. The van der Waals surface area contributed by atoms with Crippen molar-refractivity contribution >= 4 is 38.8 Å². The smallest absolute Gasteiger partial charge is 0.263 e. The molecule has 0 radical (unpaired) electrons. The van der Waals surface area contributed by atoms with Crippen molar-refractivity contribution in [2.24, 2.45) is 0 Å². The zero-order valence-electron chi connectivity index (χ0n) is 14.5. The number of hydrogen-bond acceptors (Lipinski definition) is 6. The maximum absolute atomic E-state index is 12.9. The molecule has 4 heterocycles. The number of fused-ring (bicyclic) bond motifs is 1. The second-order valence-electron chi connectivity index (χ2n) is 6.03. The van der Waals surface area contributed by atoms with Gasteiger partial charge >= 0.3 is 0 Å². The highest BCUT2D eigenvalue weighted by molar-refractivity contribution is 7.18. The van der Waals surface area contributed by atoms with E-state index >= 15 is 0 Å². The SMILES string of the molecule is C[C@H](NC(=O)Cn1cnc2scc(-c3cccs3)c2c1=O)c1ccccn1. The Balaban J connectivity index is 1.59. The number of carbonyl (C=O) groups excluding carboxylic acids is 1. The Labute approximate surface area is 163 Å². The number of amides is 1. The van der Waals surface area contributed by atoms with Gasteiger partial charge in [0.1, 0.15) is 11.4 Å². The Hall–Kier alpha value is -2.84. The summed E-state index contributed by atoms with van der Waals surface area (Å²) in [6.07, 6.45) is 3.12. The topological polar surface area (TPSA) is 76.9 Å². The van der Waals surface area contributed by atoms with Gasteiger partial charge in [0.25, 0.3) is 5.56 Å². The quantitative estimate of drug-likeness (QED) is 0.560. The largest absolute Gasteiger partial charge is 0.346 e. The predicted octanol–water partition coefficient (Wildman–Crippen LogP) is 3.46. The van der Waals surface area contributed by atoms with Crippen LogP contribution < -0.4 is 10.9 Å². The van der Waals surface area contributed by atoms with E-state index in [0.29, 0.717) is 10.2 Å². The van der Waals surface area contributed by atoms with Gasteiger partial charge in [0.05, 0.1) is 23.4 Å². The summed E-state index contributed by atoms with van der Waals surface area (Å²) in [7, 11) is 0. The summed E-state index contributed by atoms with van der Waals surface area (Å²) in [6.45, 7) is 1.77. The number of pyridine rings is 1. The summed E-state index contributed by atoms with van der Waals surface area (Å²) in [5, 5.41) is 7.35. The number of nitrogens with zero attached hydrogens (tertiary/aromatic N) is 3. The molecule has 0 bridgehead atoms. The molecule has 1 atom stereocenters. The van der Waals surface area contributed by atoms with Gasteiger partial charge in [-0.05, 0) is 30.5 Å². The van der Waals surface area contributed by atoms with E-state index in [2.05, 4.69) is 15.3 Å². The first-order valence-electron chi connectivity index (χ1n) is 8.34. The highest BCUT2D eigenvalue weighted by atomic mass is 32.1. The number of hydrogen-bond donors (Lipinski definition) is 1. The Kier molecular flexibility index (Phi) is 4.83. The van der Waals surface area contributed by atoms with Crippen LogP contribution in [-0.4, -0.2) is 20.4 Å². The van der Waals surface area contributed by atoms with Crippen LogP contribution in [0, 0.1) is 0 Å². The van der Waals surface area contributed by atoms with Crippen molar-refractivity contribution in [3.63, 3.8) is 0 Å². The molecule has 8 heteroatoms. The number of carbonyl (C=O) groups is 1. The molecule has 0 unspecified atom stereocenters.